The molecule has 1 amide bonds. The van der Waals surface area contributed by atoms with Crippen molar-refractivity contribution in [3.05, 3.63) is 85.1 Å². The van der Waals surface area contributed by atoms with Gasteiger partial charge in [-0.3, -0.25) is 4.79 Å². The van der Waals surface area contributed by atoms with Crippen LogP contribution in [0.5, 0.6) is 0 Å². The third kappa shape index (κ3) is 44.2. The van der Waals surface area contributed by atoms with E-state index in [1.807, 2.05) is 6.08 Å². The normalized spacial score (nSPS) is 19.4. The Labute approximate surface area is 467 Å². The zero-order chi connectivity index (χ0) is 55.0. The molecule has 0 aromatic heterocycles. The van der Waals surface area contributed by atoms with Crippen LogP contribution in [0.1, 0.15) is 277 Å². The van der Waals surface area contributed by atoms with Gasteiger partial charge in [-0.15, -0.1) is 0 Å². The van der Waals surface area contributed by atoms with E-state index in [1.54, 1.807) is 6.08 Å². The van der Waals surface area contributed by atoms with E-state index in [1.165, 1.54) is 186 Å². The summed E-state index contributed by atoms with van der Waals surface area (Å²) in [5.41, 5.74) is 0. The van der Waals surface area contributed by atoms with Crippen molar-refractivity contribution in [1.29, 1.82) is 0 Å². The Hall–Kier alpha value is -2.63. The van der Waals surface area contributed by atoms with Crippen LogP contribution in [-0.2, 0) is 14.3 Å². The molecule has 6 N–H and O–H groups in total. The smallest absolute Gasteiger partial charge is 0.220 e. The van der Waals surface area contributed by atoms with Crippen molar-refractivity contribution >= 4 is 5.91 Å². The number of unbranched alkanes of at least 4 members (excludes halogenated alkanes) is 32. The number of hydrogen-bond donors (Lipinski definition) is 6. The van der Waals surface area contributed by atoms with Crippen LogP contribution in [0.15, 0.2) is 85.1 Å². The van der Waals surface area contributed by atoms with Crippen molar-refractivity contribution in [2.75, 3.05) is 13.2 Å². The van der Waals surface area contributed by atoms with Crippen molar-refractivity contribution in [1.82, 2.24) is 5.32 Å². The quantitative estimate of drug-likeness (QED) is 0.0261. The monoisotopic (exact) mass is 1070 g/mol. The summed E-state index contributed by atoms with van der Waals surface area (Å²) in [6, 6.07) is -0.832. The first-order valence-corrected chi connectivity index (χ1v) is 31.8. The molecule has 1 fully saturated rings. The van der Waals surface area contributed by atoms with Gasteiger partial charge in [-0.1, -0.05) is 272 Å². The van der Waals surface area contributed by atoms with Crippen molar-refractivity contribution in [3.8, 4) is 0 Å². The molecule has 9 heteroatoms. The summed E-state index contributed by atoms with van der Waals surface area (Å²) < 4.78 is 11.3. The number of carbonyl (C=O) groups excluding carboxylic acids is 1. The van der Waals surface area contributed by atoms with Crippen molar-refractivity contribution in [2.24, 2.45) is 0 Å². The predicted molar refractivity (Wildman–Crippen MR) is 322 cm³/mol. The first-order valence-electron chi connectivity index (χ1n) is 31.8. The van der Waals surface area contributed by atoms with E-state index in [4.69, 9.17) is 9.47 Å². The van der Waals surface area contributed by atoms with E-state index in [0.717, 1.165) is 70.6 Å². The number of aliphatic hydroxyl groups is 5. The molecule has 0 aromatic carbocycles. The standard InChI is InChI=1S/C67H119NO8/c1-3-5-7-9-11-13-15-17-19-21-23-25-27-28-29-30-31-32-33-34-35-37-39-41-43-45-47-49-51-53-55-57-63(71)68-60(59-75-67-66(74)65(73)64(72)62(58-69)76-67)61(70)56-54-52-50-48-46-44-42-40-38-36-26-24-22-20-18-16-14-12-10-8-6-4-2/h5,7,11,13,17,19,23,25,38,40,46,48,54,56,60-62,64-67,69-70,72-74H,3-4,6,8-10,12,14-16,18,20-22,24,26-37,39,41-45,47,49-53,55,57-59H2,1-2H3,(H,68,71)/b7-5-,13-11-,19-17-,25-23-,40-38+,48-46+,56-54+. The van der Waals surface area contributed by atoms with Gasteiger partial charge in [-0.2, -0.15) is 0 Å². The summed E-state index contributed by atoms with van der Waals surface area (Å²) >= 11 is 0. The number of hydrogen-bond acceptors (Lipinski definition) is 8. The fourth-order valence-corrected chi connectivity index (χ4v) is 9.71. The van der Waals surface area contributed by atoms with Gasteiger partial charge in [0.25, 0.3) is 0 Å². The van der Waals surface area contributed by atoms with Crippen LogP contribution in [0.4, 0.5) is 0 Å². The fourth-order valence-electron chi connectivity index (χ4n) is 9.71. The lowest BCUT2D eigenvalue weighted by molar-refractivity contribution is -0.302. The topological polar surface area (TPSA) is 149 Å². The first kappa shape index (κ1) is 71.4. The molecule has 7 atom stereocenters. The zero-order valence-electron chi connectivity index (χ0n) is 49.0. The third-order valence-corrected chi connectivity index (χ3v) is 14.7. The molecule has 0 saturated carbocycles. The molecule has 1 rings (SSSR count). The molecule has 0 aromatic rings. The van der Waals surface area contributed by atoms with Crippen LogP contribution in [0.25, 0.3) is 0 Å². The maximum absolute atomic E-state index is 13.1. The lowest BCUT2D eigenvalue weighted by Gasteiger charge is -2.40. The van der Waals surface area contributed by atoms with Gasteiger partial charge in [-0.25, -0.2) is 0 Å². The van der Waals surface area contributed by atoms with Gasteiger partial charge in [-0.05, 0) is 83.5 Å². The van der Waals surface area contributed by atoms with E-state index < -0.39 is 49.5 Å². The lowest BCUT2D eigenvalue weighted by Crippen LogP contribution is -2.60. The van der Waals surface area contributed by atoms with Gasteiger partial charge in [0.1, 0.15) is 24.4 Å². The van der Waals surface area contributed by atoms with Crippen LogP contribution in [-0.4, -0.2) is 87.5 Å². The van der Waals surface area contributed by atoms with E-state index in [2.05, 4.69) is 92.1 Å². The number of allylic oxidation sites excluding steroid dienone is 13. The van der Waals surface area contributed by atoms with Crippen molar-refractivity contribution in [3.63, 3.8) is 0 Å². The summed E-state index contributed by atoms with van der Waals surface area (Å²) in [5, 5.41) is 54.6. The molecule has 0 aliphatic carbocycles. The fraction of sp³-hybridized carbons (Fsp3) is 0.776. The van der Waals surface area contributed by atoms with E-state index in [9.17, 15) is 30.3 Å². The van der Waals surface area contributed by atoms with Crippen molar-refractivity contribution in [2.45, 2.75) is 320 Å². The molecular formula is C67H119NO8. The summed E-state index contributed by atoms with van der Waals surface area (Å²) in [4.78, 5) is 13.1. The molecule has 440 valence electrons. The van der Waals surface area contributed by atoms with Crippen LogP contribution in [0.3, 0.4) is 0 Å². The minimum atomic E-state index is -1.58. The van der Waals surface area contributed by atoms with Gasteiger partial charge in [0, 0.05) is 6.42 Å². The molecule has 1 aliphatic rings. The maximum Gasteiger partial charge on any atom is 0.220 e. The largest absolute Gasteiger partial charge is 0.394 e. The Bertz CT molecular complexity index is 1470. The summed E-state index contributed by atoms with van der Waals surface area (Å²) in [5.74, 6) is -0.190. The molecule has 9 nitrogen and oxygen atoms in total. The molecule has 76 heavy (non-hydrogen) atoms. The highest BCUT2D eigenvalue weighted by molar-refractivity contribution is 5.76. The van der Waals surface area contributed by atoms with Gasteiger partial charge in [0.05, 0.1) is 25.4 Å². The summed E-state index contributed by atoms with van der Waals surface area (Å²) in [6.45, 7) is 3.67. The average molecular weight is 1070 g/mol. The Kier molecular flexibility index (Phi) is 52.3. The van der Waals surface area contributed by atoms with Crippen LogP contribution in [0.2, 0.25) is 0 Å². The SMILES string of the molecule is CC/C=C\C/C=C\C/C=C\C/C=C\CCCCCCCCCCCCCCCCCCCCC(=O)NC(COC1OC(CO)C(O)C(O)C1O)C(O)/C=C/CC/C=C/CC/C=C/CCCCCCCCCCCCCC. The zero-order valence-corrected chi connectivity index (χ0v) is 49.0. The highest BCUT2D eigenvalue weighted by Gasteiger charge is 2.44. The Morgan fingerprint density at radius 1 is 0.461 bits per heavy atom. The number of aliphatic hydroxyl groups excluding tert-OH is 5. The predicted octanol–water partition coefficient (Wildman–Crippen LogP) is 16.6. The van der Waals surface area contributed by atoms with E-state index >= 15 is 0 Å². The van der Waals surface area contributed by atoms with Gasteiger partial charge >= 0.3 is 0 Å². The second-order valence-corrected chi connectivity index (χ2v) is 21.8. The highest BCUT2D eigenvalue weighted by atomic mass is 16.7. The maximum atomic E-state index is 13.1. The Balaban J connectivity index is 2.19. The number of amides is 1. The Morgan fingerprint density at radius 3 is 1.26 bits per heavy atom. The lowest BCUT2D eigenvalue weighted by atomic mass is 9.99. The minimum absolute atomic E-state index is 0.190. The molecule has 1 heterocycles. The molecule has 1 aliphatic heterocycles. The van der Waals surface area contributed by atoms with Crippen LogP contribution < -0.4 is 5.32 Å². The molecule has 7 unspecified atom stereocenters. The number of ether oxygens (including phenoxy) is 2. The number of rotatable bonds is 54. The average Bonchev–Trinajstić information content (AvgIpc) is 3.42. The van der Waals surface area contributed by atoms with Crippen LogP contribution in [0, 0.1) is 0 Å². The highest BCUT2D eigenvalue weighted by Crippen LogP contribution is 2.23. The molecule has 0 radical (unpaired) electrons. The van der Waals surface area contributed by atoms with Gasteiger partial charge < -0.3 is 40.3 Å². The molecule has 1 saturated heterocycles. The van der Waals surface area contributed by atoms with Crippen molar-refractivity contribution < 1.29 is 39.8 Å². The van der Waals surface area contributed by atoms with E-state index in [0.29, 0.717) is 6.42 Å². The molecule has 0 bridgehead atoms. The molecule has 0 spiro atoms. The van der Waals surface area contributed by atoms with Gasteiger partial charge in [0.15, 0.2) is 6.29 Å². The summed E-state index contributed by atoms with van der Waals surface area (Å²) in [7, 11) is 0. The summed E-state index contributed by atoms with van der Waals surface area (Å²) in [6.07, 6.45) is 72.4. The molecular weight excluding hydrogens is 947 g/mol. The third-order valence-electron chi connectivity index (χ3n) is 14.7. The van der Waals surface area contributed by atoms with E-state index in [-0.39, 0.29) is 12.5 Å². The second-order valence-electron chi connectivity index (χ2n) is 21.8. The number of carbonyl (C=O) groups is 1. The first-order chi connectivity index (χ1) is 37.3. The van der Waals surface area contributed by atoms with Gasteiger partial charge in [0.2, 0.25) is 5.91 Å². The number of nitrogens with one attached hydrogen (secondary N) is 1. The van der Waals surface area contributed by atoms with Crippen LogP contribution >= 0.6 is 0 Å². The second kappa shape index (κ2) is 55.7. The Morgan fingerprint density at radius 2 is 0.829 bits per heavy atom. The minimum Gasteiger partial charge on any atom is -0.394 e.